The van der Waals surface area contributed by atoms with Crippen LogP contribution < -0.4 is 9.62 Å². The van der Waals surface area contributed by atoms with Crippen LogP contribution in [0.5, 0.6) is 0 Å². The van der Waals surface area contributed by atoms with Crippen molar-refractivity contribution in [1.29, 1.82) is 0 Å². The molecule has 0 aliphatic carbocycles. The maximum absolute atomic E-state index is 15.0. The summed E-state index contributed by atoms with van der Waals surface area (Å²) in [5, 5.41) is 3.53. The van der Waals surface area contributed by atoms with Gasteiger partial charge in [0, 0.05) is 34.1 Å². The Balaban J connectivity index is 1.83. The number of nitrogens with zero attached hydrogens (tertiary/aromatic N) is 2. The van der Waals surface area contributed by atoms with Crippen molar-refractivity contribution >= 4 is 50.7 Å². The Labute approximate surface area is 273 Å². The quantitative estimate of drug-likeness (QED) is 0.189. The average Bonchev–Trinajstić information content (AvgIpc) is 2.98. The van der Waals surface area contributed by atoms with E-state index < -0.39 is 45.8 Å². The van der Waals surface area contributed by atoms with Gasteiger partial charge in [-0.3, -0.25) is 13.9 Å². The van der Waals surface area contributed by atoms with Gasteiger partial charge in [-0.25, -0.2) is 12.8 Å². The Morgan fingerprint density at radius 3 is 2.11 bits per heavy atom. The molecule has 4 aromatic rings. The molecule has 0 fully saturated rings. The SMILES string of the molecule is CC(C)(C)NC(=O)[C@@H](Cc1ccccc1)N(Cc1ccccc1F)C(=O)CN(c1cccc(Cl)c1)S(=O)(=O)c1ccc(Cl)cc1. The number of carbonyl (C=O) groups is 2. The zero-order chi connectivity index (χ0) is 32.8. The van der Waals surface area contributed by atoms with Crippen molar-refractivity contribution in [1.82, 2.24) is 10.2 Å². The van der Waals surface area contributed by atoms with Gasteiger partial charge in [-0.2, -0.15) is 0 Å². The molecule has 1 N–H and O–H groups in total. The molecule has 0 aliphatic rings. The number of anilines is 1. The van der Waals surface area contributed by atoms with Gasteiger partial charge < -0.3 is 10.2 Å². The monoisotopic (exact) mass is 669 g/mol. The molecule has 4 rings (SSSR count). The zero-order valence-electron chi connectivity index (χ0n) is 25.1. The second-order valence-corrected chi connectivity index (χ2v) is 14.2. The molecule has 0 aliphatic heterocycles. The van der Waals surface area contributed by atoms with E-state index in [1.54, 1.807) is 18.2 Å². The molecular weight excluding hydrogens is 636 g/mol. The number of nitrogens with one attached hydrogen (secondary N) is 1. The molecule has 0 saturated heterocycles. The van der Waals surface area contributed by atoms with E-state index >= 15 is 4.39 Å². The highest BCUT2D eigenvalue weighted by Crippen LogP contribution is 2.28. The van der Waals surface area contributed by atoms with Crippen molar-refractivity contribution < 1.29 is 22.4 Å². The number of halogens is 3. The topological polar surface area (TPSA) is 86.8 Å². The first-order valence-electron chi connectivity index (χ1n) is 14.2. The number of carbonyl (C=O) groups excluding carboxylic acids is 2. The molecule has 0 saturated carbocycles. The van der Waals surface area contributed by atoms with E-state index in [2.05, 4.69) is 5.32 Å². The van der Waals surface area contributed by atoms with E-state index in [4.69, 9.17) is 23.2 Å². The molecule has 0 radical (unpaired) electrons. The van der Waals surface area contributed by atoms with E-state index in [0.717, 1.165) is 9.87 Å². The highest BCUT2D eigenvalue weighted by molar-refractivity contribution is 7.92. The second kappa shape index (κ2) is 14.5. The fourth-order valence-electron chi connectivity index (χ4n) is 4.71. The largest absolute Gasteiger partial charge is 0.350 e. The van der Waals surface area contributed by atoms with E-state index in [1.165, 1.54) is 59.5 Å². The van der Waals surface area contributed by atoms with Crippen molar-refractivity contribution in [3.63, 3.8) is 0 Å². The maximum Gasteiger partial charge on any atom is 0.264 e. The van der Waals surface area contributed by atoms with E-state index in [1.807, 2.05) is 51.1 Å². The van der Waals surface area contributed by atoms with E-state index in [0.29, 0.717) is 5.02 Å². The molecule has 2 amide bonds. The summed E-state index contributed by atoms with van der Waals surface area (Å²) in [4.78, 5) is 29.4. The minimum absolute atomic E-state index is 0.101. The lowest BCUT2D eigenvalue weighted by atomic mass is 10.0. The van der Waals surface area contributed by atoms with E-state index in [-0.39, 0.29) is 34.1 Å². The van der Waals surface area contributed by atoms with Crippen molar-refractivity contribution in [2.75, 3.05) is 10.8 Å². The van der Waals surface area contributed by atoms with Crippen molar-refractivity contribution in [3.05, 3.63) is 130 Å². The van der Waals surface area contributed by atoms with Crippen LogP contribution in [0.1, 0.15) is 31.9 Å². The average molecular weight is 671 g/mol. The summed E-state index contributed by atoms with van der Waals surface area (Å²) >= 11 is 12.3. The molecule has 0 unspecified atom stereocenters. The number of hydrogen-bond donors (Lipinski definition) is 1. The van der Waals surface area contributed by atoms with Gasteiger partial charge in [0.2, 0.25) is 11.8 Å². The van der Waals surface area contributed by atoms with Crippen molar-refractivity contribution in [2.24, 2.45) is 0 Å². The van der Waals surface area contributed by atoms with Crippen LogP contribution in [-0.4, -0.2) is 43.3 Å². The Hall–Kier alpha value is -3.92. The lowest BCUT2D eigenvalue weighted by Gasteiger charge is -2.35. The summed E-state index contributed by atoms with van der Waals surface area (Å²) < 4.78 is 44.0. The molecule has 4 aromatic carbocycles. The maximum atomic E-state index is 15.0. The van der Waals surface area contributed by atoms with Crippen LogP contribution in [0.4, 0.5) is 10.1 Å². The minimum atomic E-state index is -4.34. The Bertz CT molecular complexity index is 1750. The normalized spacial score (nSPS) is 12.3. The third kappa shape index (κ3) is 9.06. The van der Waals surface area contributed by atoms with Gasteiger partial charge in [0.05, 0.1) is 10.6 Å². The van der Waals surface area contributed by atoms with E-state index in [9.17, 15) is 18.0 Å². The van der Waals surface area contributed by atoms with Crippen LogP contribution in [0.3, 0.4) is 0 Å². The molecule has 0 bridgehead atoms. The molecule has 7 nitrogen and oxygen atoms in total. The molecular formula is C34H34Cl2FN3O4S. The molecule has 0 aromatic heterocycles. The van der Waals surface area contributed by atoms with Crippen molar-refractivity contribution in [3.8, 4) is 0 Å². The molecule has 11 heteroatoms. The highest BCUT2D eigenvalue weighted by Gasteiger charge is 2.36. The van der Waals surface area contributed by atoms with Gasteiger partial charge in [-0.15, -0.1) is 0 Å². The van der Waals surface area contributed by atoms with Crippen LogP contribution in [0, 0.1) is 5.82 Å². The minimum Gasteiger partial charge on any atom is -0.350 e. The summed E-state index contributed by atoms with van der Waals surface area (Å²) in [6.07, 6.45) is 0.101. The Morgan fingerprint density at radius 1 is 0.844 bits per heavy atom. The van der Waals surface area contributed by atoms with Crippen LogP contribution >= 0.6 is 23.2 Å². The van der Waals surface area contributed by atoms with Crippen LogP contribution in [-0.2, 0) is 32.6 Å². The van der Waals surface area contributed by atoms with Gasteiger partial charge in [0.25, 0.3) is 10.0 Å². The fourth-order valence-corrected chi connectivity index (χ4v) is 6.43. The summed E-state index contributed by atoms with van der Waals surface area (Å²) in [7, 11) is -4.34. The smallest absolute Gasteiger partial charge is 0.264 e. The number of sulfonamides is 1. The summed E-state index contributed by atoms with van der Waals surface area (Å²) in [6.45, 7) is 4.45. The summed E-state index contributed by atoms with van der Waals surface area (Å²) in [6, 6.07) is 25.6. The second-order valence-electron chi connectivity index (χ2n) is 11.5. The standard InChI is InChI=1S/C34H34Cl2FN3O4S/c1-34(2,3)38-33(42)31(20-24-10-5-4-6-11-24)39(22-25-12-7-8-15-30(25)37)32(41)23-40(28-14-9-13-27(36)21-28)45(43,44)29-18-16-26(35)17-19-29/h4-19,21,31H,20,22-23H2,1-3H3,(H,38,42)/t31-/m1/s1. The predicted molar refractivity (Wildman–Crippen MR) is 176 cm³/mol. The fraction of sp³-hybridized carbons (Fsp3) is 0.235. The Kier molecular flexibility index (Phi) is 10.9. The zero-order valence-corrected chi connectivity index (χ0v) is 27.4. The number of rotatable bonds is 11. The first-order chi connectivity index (χ1) is 21.2. The summed E-state index contributed by atoms with van der Waals surface area (Å²) in [5.74, 6) is -1.75. The van der Waals surface area contributed by atoms with Gasteiger partial charge in [0.15, 0.2) is 0 Å². The first-order valence-corrected chi connectivity index (χ1v) is 16.4. The van der Waals surface area contributed by atoms with Gasteiger partial charge >= 0.3 is 0 Å². The van der Waals surface area contributed by atoms with Gasteiger partial charge in [-0.05, 0) is 74.9 Å². The number of hydrogen-bond acceptors (Lipinski definition) is 4. The van der Waals surface area contributed by atoms with Crippen LogP contribution in [0.2, 0.25) is 10.0 Å². The van der Waals surface area contributed by atoms with Crippen LogP contribution in [0.15, 0.2) is 108 Å². The van der Waals surface area contributed by atoms with Gasteiger partial charge in [0.1, 0.15) is 18.4 Å². The highest BCUT2D eigenvalue weighted by atomic mass is 35.5. The Morgan fingerprint density at radius 2 is 1.49 bits per heavy atom. The van der Waals surface area contributed by atoms with Crippen LogP contribution in [0.25, 0.3) is 0 Å². The molecule has 45 heavy (non-hydrogen) atoms. The molecule has 0 heterocycles. The number of benzene rings is 4. The molecule has 1 atom stereocenters. The number of amides is 2. The predicted octanol–water partition coefficient (Wildman–Crippen LogP) is 6.88. The molecule has 0 spiro atoms. The third-order valence-electron chi connectivity index (χ3n) is 6.84. The lowest BCUT2D eigenvalue weighted by molar-refractivity contribution is -0.140. The lowest BCUT2D eigenvalue weighted by Crippen LogP contribution is -2.56. The third-order valence-corrected chi connectivity index (χ3v) is 9.12. The first kappa shape index (κ1) is 34.0. The summed E-state index contributed by atoms with van der Waals surface area (Å²) in [5.41, 5.74) is 0.417. The van der Waals surface area contributed by atoms with Gasteiger partial charge in [-0.1, -0.05) is 77.8 Å². The van der Waals surface area contributed by atoms with Crippen molar-refractivity contribution in [2.45, 2.75) is 50.2 Å². The molecule has 236 valence electrons.